The Morgan fingerprint density at radius 2 is 2.35 bits per heavy atom. The van der Waals surface area contributed by atoms with Gasteiger partial charge in [0.1, 0.15) is 5.76 Å². The number of carbonyl (C=O) groups excluding carboxylic acids is 1. The molecule has 7 nitrogen and oxygen atoms in total. The van der Waals surface area contributed by atoms with Gasteiger partial charge in [0.15, 0.2) is 5.03 Å². The number of aryl methyl sites for hydroxylation is 1. The number of hydrogen-bond donors (Lipinski definition) is 1. The minimum Gasteiger partial charge on any atom is -0.469 e. The van der Waals surface area contributed by atoms with E-state index in [-0.39, 0.29) is 16.9 Å². The monoisotopic (exact) mass is 295 g/mol. The highest BCUT2D eigenvalue weighted by Crippen LogP contribution is 2.47. The summed E-state index contributed by atoms with van der Waals surface area (Å²) in [6.45, 7) is 0. The average Bonchev–Trinajstić information content (AvgIpc) is 2.81. The van der Waals surface area contributed by atoms with Crippen molar-refractivity contribution >= 4 is 15.9 Å². The van der Waals surface area contributed by atoms with Gasteiger partial charge in [0, 0.05) is 25.1 Å². The number of carbonyl (C=O) groups is 1. The zero-order valence-electron chi connectivity index (χ0n) is 10.7. The Morgan fingerprint density at radius 3 is 2.95 bits per heavy atom. The van der Waals surface area contributed by atoms with Crippen LogP contribution in [0.25, 0.3) is 0 Å². The number of sulfonamides is 1. The molecule has 0 spiro atoms. The van der Waals surface area contributed by atoms with Crippen molar-refractivity contribution in [2.24, 2.45) is 13.0 Å². The third-order valence-corrected chi connectivity index (χ3v) is 4.46. The number of nitrogens with one attached hydrogen (secondary N) is 1. The van der Waals surface area contributed by atoms with Gasteiger partial charge in [-0.15, -0.1) is 0 Å². The van der Waals surface area contributed by atoms with E-state index in [1.165, 1.54) is 23.4 Å². The molecule has 1 aliphatic rings. The molecule has 0 aromatic carbocycles. The fourth-order valence-corrected chi connectivity index (χ4v) is 3.10. The summed E-state index contributed by atoms with van der Waals surface area (Å²) < 4.78 is 32.7. The third kappa shape index (κ3) is 2.34. The Bertz CT molecular complexity index is 733. The highest BCUT2D eigenvalue weighted by atomic mass is 32.2. The zero-order valence-corrected chi connectivity index (χ0v) is 11.5. The summed E-state index contributed by atoms with van der Waals surface area (Å²) in [4.78, 5) is 15.7. The molecule has 1 amide bonds. The third-order valence-electron chi connectivity index (χ3n) is 3.23. The van der Waals surface area contributed by atoms with E-state index in [4.69, 9.17) is 4.42 Å². The lowest BCUT2D eigenvalue weighted by Crippen LogP contribution is -2.32. The molecule has 1 saturated carbocycles. The number of aromatic nitrogens is 2. The van der Waals surface area contributed by atoms with Gasteiger partial charge in [0.05, 0.1) is 12.6 Å². The molecule has 1 fully saturated rings. The molecule has 0 radical (unpaired) electrons. The van der Waals surface area contributed by atoms with Crippen LogP contribution in [0.15, 0.2) is 40.4 Å². The van der Waals surface area contributed by atoms with Crippen LogP contribution in [0.5, 0.6) is 0 Å². The van der Waals surface area contributed by atoms with Crippen LogP contribution >= 0.6 is 0 Å². The number of rotatable bonds is 4. The van der Waals surface area contributed by atoms with E-state index in [0.29, 0.717) is 12.2 Å². The van der Waals surface area contributed by atoms with E-state index >= 15 is 0 Å². The Morgan fingerprint density at radius 1 is 1.55 bits per heavy atom. The summed E-state index contributed by atoms with van der Waals surface area (Å²) in [7, 11) is -2.24. The first-order valence-electron chi connectivity index (χ1n) is 6.05. The van der Waals surface area contributed by atoms with Crippen LogP contribution in [0.2, 0.25) is 0 Å². The Kier molecular flexibility index (Phi) is 2.89. The van der Waals surface area contributed by atoms with Crippen molar-refractivity contribution in [3.8, 4) is 0 Å². The molecule has 2 atom stereocenters. The van der Waals surface area contributed by atoms with Crippen LogP contribution in [0.3, 0.4) is 0 Å². The van der Waals surface area contributed by atoms with Crippen molar-refractivity contribution in [3.05, 3.63) is 36.7 Å². The van der Waals surface area contributed by atoms with E-state index < -0.39 is 15.9 Å². The summed E-state index contributed by atoms with van der Waals surface area (Å²) in [5, 5.41) is -0.163. The SMILES string of the molecule is Cn1cnc(S(=O)(=O)NC(=O)[C@@H]2C[C@H]2c2ccco2)c1. The molecule has 3 rings (SSSR count). The number of furan rings is 1. The summed E-state index contributed by atoms with van der Waals surface area (Å²) in [5.74, 6) is -0.207. The molecule has 0 aliphatic heterocycles. The first kappa shape index (κ1) is 12.9. The fraction of sp³-hybridized carbons (Fsp3) is 0.333. The lowest BCUT2D eigenvalue weighted by Gasteiger charge is -2.03. The van der Waals surface area contributed by atoms with Crippen LogP contribution in [-0.2, 0) is 21.9 Å². The molecule has 2 aromatic rings. The highest BCUT2D eigenvalue weighted by Gasteiger charge is 2.47. The average molecular weight is 295 g/mol. The van der Waals surface area contributed by atoms with Gasteiger partial charge in [0.2, 0.25) is 5.91 Å². The van der Waals surface area contributed by atoms with Crippen molar-refractivity contribution in [2.75, 3.05) is 0 Å². The van der Waals surface area contributed by atoms with Gasteiger partial charge in [-0.05, 0) is 18.6 Å². The molecular weight excluding hydrogens is 282 g/mol. The normalized spacial score (nSPS) is 21.6. The van der Waals surface area contributed by atoms with E-state index in [1.54, 1.807) is 19.2 Å². The van der Waals surface area contributed by atoms with Crippen LogP contribution in [0, 0.1) is 5.92 Å². The standard InChI is InChI=1S/C12H13N3O4S/c1-15-6-11(13-7-15)20(17,18)14-12(16)9-5-8(9)10-3-2-4-19-10/h2-4,6-9H,5H2,1H3,(H,14,16)/t8-,9-/m1/s1. The minimum atomic E-state index is -3.90. The van der Waals surface area contributed by atoms with Gasteiger partial charge >= 0.3 is 0 Å². The molecule has 0 saturated heterocycles. The van der Waals surface area contributed by atoms with Crippen molar-refractivity contribution < 1.29 is 17.6 Å². The number of amides is 1. The molecule has 0 unspecified atom stereocenters. The largest absolute Gasteiger partial charge is 0.469 e. The maximum Gasteiger partial charge on any atom is 0.283 e. The number of nitrogens with zero attached hydrogens (tertiary/aromatic N) is 2. The first-order valence-corrected chi connectivity index (χ1v) is 7.54. The number of imidazole rings is 1. The Balaban J connectivity index is 1.68. The quantitative estimate of drug-likeness (QED) is 0.892. The first-order chi connectivity index (χ1) is 9.47. The molecule has 0 bridgehead atoms. The molecule has 8 heteroatoms. The van der Waals surface area contributed by atoms with Crippen molar-refractivity contribution in [1.29, 1.82) is 0 Å². The maximum atomic E-state index is 12.0. The maximum absolute atomic E-state index is 12.0. The second-order valence-electron chi connectivity index (χ2n) is 4.81. The molecule has 1 N–H and O–H groups in total. The van der Waals surface area contributed by atoms with Crippen molar-refractivity contribution in [3.63, 3.8) is 0 Å². The van der Waals surface area contributed by atoms with Gasteiger partial charge < -0.3 is 8.98 Å². The molecule has 106 valence electrons. The van der Waals surface area contributed by atoms with Crippen LogP contribution in [0.1, 0.15) is 18.1 Å². The second-order valence-corrected chi connectivity index (χ2v) is 6.44. The number of hydrogen-bond acceptors (Lipinski definition) is 5. The molecule has 20 heavy (non-hydrogen) atoms. The smallest absolute Gasteiger partial charge is 0.283 e. The van der Waals surface area contributed by atoms with Gasteiger partial charge in [-0.3, -0.25) is 4.79 Å². The summed E-state index contributed by atoms with van der Waals surface area (Å²) in [5.41, 5.74) is 0. The van der Waals surface area contributed by atoms with Gasteiger partial charge in [-0.1, -0.05) is 0 Å². The topological polar surface area (TPSA) is 94.2 Å². The lowest BCUT2D eigenvalue weighted by molar-refractivity contribution is -0.120. The molecule has 2 aromatic heterocycles. The van der Waals surface area contributed by atoms with E-state index in [2.05, 4.69) is 9.71 Å². The van der Waals surface area contributed by atoms with Crippen molar-refractivity contribution in [1.82, 2.24) is 14.3 Å². The summed E-state index contributed by atoms with van der Waals surface area (Å²) >= 11 is 0. The predicted molar refractivity (Wildman–Crippen MR) is 68.1 cm³/mol. The Hall–Kier alpha value is -2.09. The predicted octanol–water partition coefficient (Wildman–Crippen LogP) is 0.622. The molecule has 1 aliphatic carbocycles. The second kappa shape index (κ2) is 4.48. The molecule has 2 heterocycles. The van der Waals surface area contributed by atoms with Crippen molar-refractivity contribution in [2.45, 2.75) is 17.4 Å². The van der Waals surface area contributed by atoms with Gasteiger partial charge in [0.25, 0.3) is 10.0 Å². The van der Waals surface area contributed by atoms with E-state index in [9.17, 15) is 13.2 Å². The van der Waals surface area contributed by atoms with E-state index in [1.807, 2.05) is 0 Å². The molecular formula is C12H13N3O4S. The van der Waals surface area contributed by atoms with E-state index in [0.717, 1.165) is 0 Å². The van der Waals surface area contributed by atoms with Crippen LogP contribution in [-0.4, -0.2) is 23.9 Å². The zero-order chi connectivity index (χ0) is 14.3. The summed E-state index contributed by atoms with van der Waals surface area (Å²) in [6, 6.07) is 3.53. The van der Waals surface area contributed by atoms with Crippen LogP contribution in [0.4, 0.5) is 0 Å². The Labute approximate surface area is 115 Å². The highest BCUT2D eigenvalue weighted by molar-refractivity contribution is 7.90. The summed E-state index contributed by atoms with van der Waals surface area (Å²) in [6.07, 6.45) is 4.83. The lowest BCUT2D eigenvalue weighted by atomic mass is 10.2. The van der Waals surface area contributed by atoms with Gasteiger partial charge in [-0.25, -0.2) is 9.71 Å². The van der Waals surface area contributed by atoms with Crippen LogP contribution < -0.4 is 4.72 Å². The minimum absolute atomic E-state index is 0.0380. The van der Waals surface area contributed by atoms with Gasteiger partial charge in [-0.2, -0.15) is 8.42 Å². The fourth-order valence-electron chi connectivity index (χ4n) is 2.09.